The van der Waals surface area contributed by atoms with E-state index in [1.807, 2.05) is 23.5 Å². The molecule has 0 radical (unpaired) electrons. The average Bonchev–Trinajstić information content (AvgIpc) is 3.02. The molecule has 1 aliphatic heterocycles. The highest BCUT2D eigenvalue weighted by Crippen LogP contribution is 2.28. The Balaban J connectivity index is 1.71. The van der Waals surface area contributed by atoms with Crippen molar-refractivity contribution in [2.75, 3.05) is 6.54 Å². The lowest BCUT2D eigenvalue weighted by atomic mass is 9.98. The van der Waals surface area contributed by atoms with Gasteiger partial charge in [0.05, 0.1) is 12.1 Å². The lowest BCUT2D eigenvalue weighted by Gasteiger charge is -2.31. The van der Waals surface area contributed by atoms with Crippen LogP contribution in [0.3, 0.4) is 0 Å². The minimum absolute atomic E-state index is 0.425. The van der Waals surface area contributed by atoms with Gasteiger partial charge >= 0.3 is 0 Å². The second kappa shape index (κ2) is 5.41. The number of phenolic OH excluding ortho intramolecular Hbond substituents is 1. The van der Waals surface area contributed by atoms with E-state index in [2.05, 4.69) is 42.6 Å². The molecule has 0 bridgehead atoms. The molecule has 3 aromatic rings. The van der Waals surface area contributed by atoms with Crippen molar-refractivity contribution >= 4 is 22.1 Å². The fraction of sp³-hybridized carbons (Fsp3) is 0.263. The van der Waals surface area contributed by atoms with Crippen LogP contribution in [0.4, 0.5) is 0 Å². The summed E-state index contributed by atoms with van der Waals surface area (Å²) in [6.07, 6.45) is 1.15. The summed E-state index contributed by atoms with van der Waals surface area (Å²) in [5, 5.41) is 15.0. The number of fused-ring (bicyclic) bond motifs is 2. The summed E-state index contributed by atoms with van der Waals surface area (Å²) in [6, 6.07) is 14.9. The van der Waals surface area contributed by atoms with Crippen molar-refractivity contribution < 1.29 is 10.0 Å². The molecule has 1 aromatic heterocycles. The van der Waals surface area contributed by atoms with E-state index in [4.69, 9.17) is 0 Å². The Labute approximate surface area is 134 Å². The molecular weight excluding hydrogens is 290 g/mol. The molecule has 0 spiro atoms. The van der Waals surface area contributed by atoms with Crippen LogP contribution < -0.4 is 4.90 Å². The molecule has 0 saturated carbocycles. The van der Waals surface area contributed by atoms with E-state index in [-0.39, 0.29) is 0 Å². The van der Waals surface area contributed by atoms with E-state index in [9.17, 15) is 5.11 Å². The van der Waals surface area contributed by atoms with Gasteiger partial charge < -0.3 is 10.0 Å². The second-order valence-corrected chi connectivity index (χ2v) is 7.14. The number of phenols is 1. The molecule has 1 aliphatic rings. The van der Waals surface area contributed by atoms with E-state index in [0.29, 0.717) is 11.8 Å². The summed E-state index contributed by atoms with van der Waals surface area (Å²) in [4.78, 5) is 3.08. The third-order valence-electron chi connectivity index (χ3n) is 4.95. The minimum atomic E-state index is 0.425. The Bertz CT molecular complexity index is 823. The molecule has 0 aliphatic carbocycles. The van der Waals surface area contributed by atoms with Crippen LogP contribution in [0, 0.1) is 0 Å². The Hall–Kier alpha value is -1.84. The fourth-order valence-corrected chi connectivity index (χ4v) is 4.61. The van der Waals surface area contributed by atoms with E-state index in [1.54, 1.807) is 4.88 Å². The van der Waals surface area contributed by atoms with Crippen molar-refractivity contribution in [1.82, 2.24) is 0 Å². The molecule has 2 aromatic carbocycles. The first kappa shape index (κ1) is 13.8. The SMILES string of the molecule is C[C@@H]1c2ccsc2CC[NH+]1Cc1c(O)ccc2ccccc12. The Morgan fingerprint density at radius 1 is 1.18 bits per heavy atom. The van der Waals surface area contributed by atoms with Crippen LogP contribution >= 0.6 is 11.3 Å². The Morgan fingerprint density at radius 2 is 2.05 bits per heavy atom. The van der Waals surface area contributed by atoms with Gasteiger partial charge in [0.2, 0.25) is 0 Å². The van der Waals surface area contributed by atoms with Crippen LogP contribution in [0.5, 0.6) is 5.75 Å². The van der Waals surface area contributed by atoms with Gasteiger partial charge in [0.1, 0.15) is 18.3 Å². The number of aromatic hydroxyl groups is 1. The summed E-state index contributed by atoms with van der Waals surface area (Å²) in [7, 11) is 0. The molecule has 0 fully saturated rings. The summed E-state index contributed by atoms with van der Waals surface area (Å²) in [5.41, 5.74) is 2.57. The van der Waals surface area contributed by atoms with Crippen LogP contribution in [0.25, 0.3) is 10.8 Å². The van der Waals surface area contributed by atoms with Gasteiger partial charge in [-0.05, 0) is 35.2 Å². The summed E-state index contributed by atoms with van der Waals surface area (Å²) in [6.45, 7) is 4.32. The number of nitrogens with one attached hydrogen (secondary N) is 1. The highest BCUT2D eigenvalue weighted by atomic mass is 32.1. The zero-order chi connectivity index (χ0) is 15.1. The van der Waals surface area contributed by atoms with Gasteiger partial charge in [0.15, 0.2) is 0 Å². The molecule has 3 heteroatoms. The highest BCUT2D eigenvalue weighted by molar-refractivity contribution is 7.10. The quantitative estimate of drug-likeness (QED) is 0.746. The monoisotopic (exact) mass is 310 g/mol. The van der Waals surface area contributed by atoms with Crippen LogP contribution in [0.1, 0.15) is 29.0 Å². The maximum absolute atomic E-state index is 10.4. The van der Waals surface area contributed by atoms with Crippen molar-refractivity contribution in [3.63, 3.8) is 0 Å². The van der Waals surface area contributed by atoms with Crippen LogP contribution in [-0.2, 0) is 13.0 Å². The van der Waals surface area contributed by atoms with Gasteiger partial charge in [-0.1, -0.05) is 30.3 Å². The molecule has 2 nitrogen and oxygen atoms in total. The maximum atomic E-state index is 10.4. The Kier molecular flexibility index (Phi) is 3.40. The third-order valence-corrected chi connectivity index (χ3v) is 5.95. The van der Waals surface area contributed by atoms with Crippen LogP contribution in [0.2, 0.25) is 0 Å². The second-order valence-electron chi connectivity index (χ2n) is 6.14. The molecule has 2 atom stereocenters. The number of hydrogen-bond acceptors (Lipinski definition) is 2. The van der Waals surface area contributed by atoms with Crippen molar-refractivity contribution in [2.24, 2.45) is 0 Å². The number of thiophene rings is 1. The van der Waals surface area contributed by atoms with Gasteiger partial charge in [-0.2, -0.15) is 0 Å². The van der Waals surface area contributed by atoms with Gasteiger partial charge in [-0.15, -0.1) is 11.3 Å². The third kappa shape index (κ3) is 2.21. The molecule has 2 heterocycles. The van der Waals surface area contributed by atoms with Crippen molar-refractivity contribution in [1.29, 1.82) is 0 Å². The van der Waals surface area contributed by atoms with E-state index >= 15 is 0 Å². The summed E-state index contributed by atoms with van der Waals surface area (Å²) >= 11 is 1.88. The topological polar surface area (TPSA) is 24.7 Å². The Morgan fingerprint density at radius 3 is 2.95 bits per heavy atom. The lowest BCUT2D eigenvalue weighted by molar-refractivity contribution is -0.945. The molecule has 4 rings (SSSR count). The van der Waals surface area contributed by atoms with Gasteiger partial charge in [-0.3, -0.25) is 0 Å². The van der Waals surface area contributed by atoms with Gasteiger partial charge in [-0.25, -0.2) is 0 Å². The zero-order valence-corrected chi connectivity index (χ0v) is 13.5. The van der Waals surface area contributed by atoms with Crippen molar-refractivity contribution in [2.45, 2.75) is 25.9 Å². The van der Waals surface area contributed by atoms with Gasteiger partial charge in [0.25, 0.3) is 0 Å². The number of rotatable bonds is 2. The standard InChI is InChI=1S/C19H19NOS/c1-13-15-9-11-22-19(15)8-10-20(13)12-17-16-5-3-2-4-14(16)6-7-18(17)21/h2-7,9,11,13,21H,8,10,12H2,1H3/p+1/t13-/m1/s1. The molecular formula is C19H20NOS+. The fourth-order valence-electron chi connectivity index (χ4n) is 3.63. The smallest absolute Gasteiger partial charge is 0.125 e. The largest absolute Gasteiger partial charge is 0.507 e. The molecule has 1 unspecified atom stereocenters. The van der Waals surface area contributed by atoms with E-state index in [0.717, 1.165) is 25.1 Å². The molecule has 2 N–H and O–H groups in total. The molecule has 0 saturated heterocycles. The zero-order valence-electron chi connectivity index (χ0n) is 12.7. The van der Waals surface area contributed by atoms with Crippen molar-refractivity contribution in [3.05, 3.63) is 63.8 Å². The number of quaternary nitrogens is 1. The lowest BCUT2D eigenvalue weighted by Crippen LogP contribution is -3.11. The van der Waals surface area contributed by atoms with E-state index in [1.165, 1.54) is 21.2 Å². The first-order valence-corrected chi connectivity index (χ1v) is 8.72. The predicted molar refractivity (Wildman–Crippen MR) is 91.6 cm³/mol. The molecule has 22 heavy (non-hydrogen) atoms. The maximum Gasteiger partial charge on any atom is 0.125 e. The highest BCUT2D eigenvalue weighted by Gasteiger charge is 2.29. The minimum Gasteiger partial charge on any atom is -0.507 e. The first-order chi connectivity index (χ1) is 10.7. The summed E-state index contributed by atoms with van der Waals surface area (Å²) < 4.78 is 0. The first-order valence-electron chi connectivity index (χ1n) is 7.84. The van der Waals surface area contributed by atoms with E-state index < -0.39 is 0 Å². The number of benzene rings is 2. The molecule has 112 valence electrons. The number of hydrogen-bond donors (Lipinski definition) is 2. The molecule has 0 amide bonds. The average molecular weight is 310 g/mol. The van der Waals surface area contributed by atoms with Crippen molar-refractivity contribution in [3.8, 4) is 5.75 Å². The van der Waals surface area contributed by atoms with Crippen LogP contribution in [-0.4, -0.2) is 11.7 Å². The summed E-state index contributed by atoms with van der Waals surface area (Å²) in [5.74, 6) is 0.425. The van der Waals surface area contributed by atoms with Crippen LogP contribution in [0.15, 0.2) is 47.8 Å². The van der Waals surface area contributed by atoms with Gasteiger partial charge in [0, 0.05) is 16.9 Å². The predicted octanol–water partition coefficient (Wildman–Crippen LogP) is 3.31. The normalized spacial score (nSPS) is 21.0.